The predicted molar refractivity (Wildman–Crippen MR) is 57.5 cm³/mol. The highest BCUT2D eigenvalue weighted by Crippen LogP contribution is 2.45. The standard InChI is InChI=1S/C8H16BO6P/c1-3-16(11,12)15-6-5(4-10)14-8(9)7(6)13-2/h5-8,10H,3-4H2,1-2H3,(H,11,12)/t5-,6?,7?,8-/m1/s1. The fourth-order valence-electron chi connectivity index (χ4n) is 1.56. The first-order valence-corrected chi connectivity index (χ1v) is 6.76. The predicted octanol–water partition coefficient (Wildman–Crippen LogP) is -0.522. The van der Waals surface area contributed by atoms with Gasteiger partial charge in [-0.1, -0.05) is 6.92 Å². The van der Waals surface area contributed by atoms with E-state index < -0.39 is 31.9 Å². The minimum Gasteiger partial charge on any atom is -0.394 e. The van der Waals surface area contributed by atoms with E-state index in [2.05, 4.69) is 0 Å². The first-order valence-electron chi connectivity index (χ1n) is 5.00. The summed E-state index contributed by atoms with van der Waals surface area (Å²) in [5.41, 5.74) is 0. The number of hydrogen-bond acceptors (Lipinski definition) is 5. The minimum atomic E-state index is -3.68. The van der Waals surface area contributed by atoms with E-state index in [0.29, 0.717) is 0 Å². The molecule has 0 spiro atoms. The SMILES string of the molecule is [B][C@@H]1O[C@H](CO)C(OP(=O)(O)CC)C1OC. The van der Waals surface area contributed by atoms with Gasteiger partial charge in [0.05, 0.1) is 6.61 Å². The summed E-state index contributed by atoms with van der Waals surface area (Å²) in [7, 11) is 3.32. The first-order chi connectivity index (χ1) is 7.45. The van der Waals surface area contributed by atoms with Crippen molar-refractivity contribution in [2.75, 3.05) is 19.9 Å². The monoisotopic (exact) mass is 250 g/mol. The Labute approximate surface area is 95.8 Å². The highest BCUT2D eigenvalue weighted by molar-refractivity contribution is 7.52. The summed E-state index contributed by atoms with van der Waals surface area (Å²) in [4.78, 5) is 9.40. The summed E-state index contributed by atoms with van der Waals surface area (Å²) < 4.78 is 26.7. The maximum absolute atomic E-state index is 11.5. The van der Waals surface area contributed by atoms with Crippen LogP contribution in [0.2, 0.25) is 0 Å². The molecule has 92 valence electrons. The van der Waals surface area contributed by atoms with E-state index >= 15 is 0 Å². The molecular formula is C8H16BO6P. The molecule has 1 rings (SSSR count). The molecule has 0 saturated carbocycles. The molecule has 16 heavy (non-hydrogen) atoms. The molecule has 2 radical (unpaired) electrons. The molecule has 5 atom stereocenters. The summed E-state index contributed by atoms with van der Waals surface area (Å²) in [6.07, 6.45) is -2.26. The highest BCUT2D eigenvalue weighted by Gasteiger charge is 2.45. The summed E-state index contributed by atoms with van der Waals surface area (Å²) in [5.74, 6) is 0. The number of ether oxygens (including phenoxy) is 2. The van der Waals surface area contributed by atoms with Crippen LogP contribution < -0.4 is 0 Å². The largest absolute Gasteiger partial charge is 0.394 e. The number of rotatable bonds is 5. The number of methoxy groups -OCH3 is 1. The van der Waals surface area contributed by atoms with Gasteiger partial charge in [-0.15, -0.1) is 0 Å². The Morgan fingerprint density at radius 2 is 2.12 bits per heavy atom. The topological polar surface area (TPSA) is 85.2 Å². The molecule has 3 unspecified atom stereocenters. The van der Waals surface area contributed by atoms with E-state index in [9.17, 15) is 9.46 Å². The van der Waals surface area contributed by atoms with Crippen LogP contribution in [0.4, 0.5) is 0 Å². The zero-order valence-electron chi connectivity index (χ0n) is 9.28. The molecule has 1 fully saturated rings. The molecule has 1 aliphatic rings. The van der Waals surface area contributed by atoms with Gasteiger partial charge in [-0.25, -0.2) is 0 Å². The van der Waals surface area contributed by atoms with Crippen molar-refractivity contribution in [2.45, 2.75) is 31.2 Å². The van der Waals surface area contributed by atoms with Crippen LogP contribution in [0.1, 0.15) is 6.92 Å². The number of aliphatic hydroxyl groups is 1. The van der Waals surface area contributed by atoms with Crippen molar-refractivity contribution in [2.24, 2.45) is 0 Å². The van der Waals surface area contributed by atoms with Gasteiger partial charge in [-0.2, -0.15) is 0 Å². The Morgan fingerprint density at radius 3 is 2.56 bits per heavy atom. The van der Waals surface area contributed by atoms with Crippen LogP contribution in [-0.4, -0.2) is 62.0 Å². The smallest absolute Gasteiger partial charge is 0.328 e. The third kappa shape index (κ3) is 3.06. The van der Waals surface area contributed by atoms with Gasteiger partial charge in [-0.05, 0) is 0 Å². The highest BCUT2D eigenvalue weighted by atomic mass is 31.2. The minimum absolute atomic E-state index is 0.0205. The maximum Gasteiger partial charge on any atom is 0.328 e. The van der Waals surface area contributed by atoms with E-state index in [-0.39, 0.29) is 12.8 Å². The average Bonchev–Trinajstić information content (AvgIpc) is 2.53. The van der Waals surface area contributed by atoms with E-state index in [1.807, 2.05) is 0 Å². The average molecular weight is 250 g/mol. The Morgan fingerprint density at radius 1 is 1.50 bits per heavy atom. The van der Waals surface area contributed by atoms with Crippen LogP contribution in [-0.2, 0) is 18.6 Å². The molecule has 0 aliphatic carbocycles. The Hall–Kier alpha value is 0.0949. The van der Waals surface area contributed by atoms with Crippen molar-refractivity contribution in [3.05, 3.63) is 0 Å². The quantitative estimate of drug-likeness (QED) is 0.504. The third-order valence-electron chi connectivity index (χ3n) is 2.48. The van der Waals surface area contributed by atoms with E-state index in [0.717, 1.165) is 0 Å². The molecule has 2 N–H and O–H groups in total. The molecule has 6 nitrogen and oxygen atoms in total. The third-order valence-corrected chi connectivity index (χ3v) is 3.86. The lowest BCUT2D eigenvalue weighted by Crippen LogP contribution is -2.37. The summed E-state index contributed by atoms with van der Waals surface area (Å²) in [5, 5.41) is 9.05. The van der Waals surface area contributed by atoms with Gasteiger partial charge in [0.1, 0.15) is 26.2 Å². The van der Waals surface area contributed by atoms with Crippen molar-refractivity contribution in [1.29, 1.82) is 0 Å². The molecule has 0 bridgehead atoms. The number of aliphatic hydroxyl groups excluding tert-OH is 1. The lowest BCUT2D eigenvalue weighted by atomic mass is 9.93. The number of hydrogen-bond donors (Lipinski definition) is 2. The van der Waals surface area contributed by atoms with Crippen LogP contribution in [0, 0.1) is 0 Å². The van der Waals surface area contributed by atoms with Crippen molar-refractivity contribution in [3.8, 4) is 0 Å². The van der Waals surface area contributed by atoms with Crippen molar-refractivity contribution in [1.82, 2.24) is 0 Å². The van der Waals surface area contributed by atoms with Gasteiger partial charge >= 0.3 is 7.60 Å². The van der Waals surface area contributed by atoms with Gasteiger partial charge in [-0.3, -0.25) is 9.09 Å². The van der Waals surface area contributed by atoms with Crippen molar-refractivity contribution >= 4 is 15.4 Å². The fraction of sp³-hybridized carbons (Fsp3) is 1.00. The van der Waals surface area contributed by atoms with Gasteiger partial charge in [0.25, 0.3) is 0 Å². The van der Waals surface area contributed by atoms with Gasteiger partial charge in [0, 0.05) is 19.3 Å². The molecule has 1 saturated heterocycles. The zero-order chi connectivity index (χ0) is 12.3. The Balaban J connectivity index is 2.77. The maximum atomic E-state index is 11.5. The Kier molecular flexibility index (Phi) is 4.97. The molecule has 1 aliphatic heterocycles. The van der Waals surface area contributed by atoms with Crippen LogP contribution in [0.5, 0.6) is 0 Å². The van der Waals surface area contributed by atoms with Gasteiger partial charge < -0.3 is 19.5 Å². The fourth-order valence-corrected chi connectivity index (χ4v) is 2.35. The van der Waals surface area contributed by atoms with Crippen LogP contribution >= 0.6 is 7.60 Å². The van der Waals surface area contributed by atoms with Gasteiger partial charge in [0.15, 0.2) is 0 Å². The lowest BCUT2D eigenvalue weighted by Gasteiger charge is -2.24. The molecule has 1 heterocycles. The van der Waals surface area contributed by atoms with Crippen molar-refractivity contribution in [3.63, 3.8) is 0 Å². The van der Waals surface area contributed by atoms with Crippen LogP contribution in [0.25, 0.3) is 0 Å². The summed E-state index contributed by atoms with van der Waals surface area (Å²) in [6.45, 7) is 1.19. The van der Waals surface area contributed by atoms with Gasteiger partial charge in [0.2, 0.25) is 0 Å². The molecule has 0 amide bonds. The first kappa shape index (κ1) is 14.2. The van der Waals surface area contributed by atoms with E-state index in [1.54, 1.807) is 0 Å². The van der Waals surface area contributed by atoms with E-state index in [4.69, 9.17) is 27.0 Å². The second kappa shape index (κ2) is 5.62. The van der Waals surface area contributed by atoms with Crippen LogP contribution in [0.3, 0.4) is 0 Å². The lowest BCUT2D eigenvalue weighted by molar-refractivity contribution is -0.00544. The molecule has 8 heteroatoms. The van der Waals surface area contributed by atoms with Crippen LogP contribution in [0.15, 0.2) is 0 Å². The van der Waals surface area contributed by atoms with Crippen molar-refractivity contribution < 1.29 is 28.6 Å². The molecule has 0 aromatic heterocycles. The molecule has 0 aromatic carbocycles. The Bertz CT molecular complexity index is 275. The molecule has 0 aromatic rings. The summed E-state index contributed by atoms with van der Waals surface area (Å²) >= 11 is 0. The normalized spacial score (nSPS) is 38.5. The molecular weight excluding hydrogens is 234 g/mol. The second-order valence-electron chi connectivity index (χ2n) is 3.55. The zero-order valence-corrected chi connectivity index (χ0v) is 10.2. The van der Waals surface area contributed by atoms with E-state index in [1.165, 1.54) is 14.0 Å². The second-order valence-corrected chi connectivity index (χ2v) is 5.66. The summed E-state index contributed by atoms with van der Waals surface area (Å²) in [6, 6.07) is -0.774.